The zero-order valence-electron chi connectivity index (χ0n) is 12.0. The molecule has 0 aliphatic rings. The van der Waals surface area contributed by atoms with Crippen molar-refractivity contribution in [3.05, 3.63) is 34.9 Å². The molecule has 0 fully saturated rings. The van der Waals surface area contributed by atoms with E-state index >= 15 is 0 Å². The summed E-state index contributed by atoms with van der Waals surface area (Å²) in [5.74, 6) is 5.64. The van der Waals surface area contributed by atoms with E-state index < -0.39 is 0 Å². The standard InChI is InChI=1S/C16H27ClN2/c1-2-3-4-5-6-7-8-12-16(19-18)14-10-9-11-15(17)13-14/h9-11,13,16,19H,2-8,12,18H2,1H3. The summed E-state index contributed by atoms with van der Waals surface area (Å²) in [4.78, 5) is 0. The Morgan fingerprint density at radius 2 is 1.79 bits per heavy atom. The molecule has 0 saturated carbocycles. The molecule has 1 atom stereocenters. The van der Waals surface area contributed by atoms with E-state index in [1.165, 1.54) is 50.5 Å². The van der Waals surface area contributed by atoms with E-state index in [2.05, 4.69) is 18.4 Å². The average molecular weight is 283 g/mol. The molecule has 3 heteroatoms. The summed E-state index contributed by atoms with van der Waals surface area (Å²) in [5, 5.41) is 0.775. The maximum atomic E-state index is 6.01. The summed E-state index contributed by atoms with van der Waals surface area (Å²) in [6.45, 7) is 2.25. The van der Waals surface area contributed by atoms with Gasteiger partial charge < -0.3 is 0 Å². The lowest BCUT2D eigenvalue weighted by Crippen LogP contribution is -2.27. The van der Waals surface area contributed by atoms with Crippen molar-refractivity contribution < 1.29 is 0 Å². The van der Waals surface area contributed by atoms with Crippen LogP contribution in [0.2, 0.25) is 5.02 Å². The number of hydrogen-bond acceptors (Lipinski definition) is 2. The lowest BCUT2D eigenvalue weighted by molar-refractivity contribution is 0.476. The molecule has 0 spiro atoms. The Balaban J connectivity index is 2.22. The van der Waals surface area contributed by atoms with E-state index in [0.717, 1.165) is 11.4 Å². The van der Waals surface area contributed by atoms with E-state index in [9.17, 15) is 0 Å². The highest BCUT2D eigenvalue weighted by molar-refractivity contribution is 6.30. The van der Waals surface area contributed by atoms with Crippen molar-refractivity contribution in [2.45, 2.75) is 64.3 Å². The monoisotopic (exact) mass is 282 g/mol. The quantitative estimate of drug-likeness (QED) is 0.361. The van der Waals surface area contributed by atoms with Crippen LogP contribution in [-0.4, -0.2) is 0 Å². The Bertz CT molecular complexity index is 341. The van der Waals surface area contributed by atoms with Gasteiger partial charge in [-0.25, -0.2) is 0 Å². The first-order valence-electron chi connectivity index (χ1n) is 7.49. The number of rotatable bonds is 10. The molecule has 0 bridgehead atoms. The molecule has 108 valence electrons. The van der Waals surface area contributed by atoms with Crippen molar-refractivity contribution >= 4 is 11.6 Å². The summed E-state index contributed by atoms with van der Waals surface area (Å²) in [6.07, 6.45) is 10.4. The van der Waals surface area contributed by atoms with Gasteiger partial charge in [0.25, 0.3) is 0 Å². The molecule has 1 aromatic carbocycles. The van der Waals surface area contributed by atoms with Gasteiger partial charge in [-0.3, -0.25) is 11.3 Å². The molecular weight excluding hydrogens is 256 g/mol. The van der Waals surface area contributed by atoms with Gasteiger partial charge in [-0.15, -0.1) is 0 Å². The number of halogens is 1. The minimum absolute atomic E-state index is 0.217. The van der Waals surface area contributed by atoms with Gasteiger partial charge >= 0.3 is 0 Å². The summed E-state index contributed by atoms with van der Waals surface area (Å²) >= 11 is 6.01. The van der Waals surface area contributed by atoms with Crippen molar-refractivity contribution in [3.63, 3.8) is 0 Å². The predicted molar refractivity (Wildman–Crippen MR) is 84.1 cm³/mol. The van der Waals surface area contributed by atoms with E-state index in [-0.39, 0.29) is 6.04 Å². The van der Waals surface area contributed by atoms with Gasteiger partial charge in [0.1, 0.15) is 0 Å². The van der Waals surface area contributed by atoms with Crippen LogP contribution in [-0.2, 0) is 0 Å². The van der Waals surface area contributed by atoms with E-state index in [0.29, 0.717) is 0 Å². The third-order valence-corrected chi connectivity index (χ3v) is 3.78. The van der Waals surface area contributed by atoms with Crippen LogP contribution in [0.15, 0.2) is 24.3 Å². The molecule has 1 unspecified atom stereocenters. The minimum atomic E-state index is 0.217. The number of hydrogen-bond donors (Lipinski definition) is 2. The summed E-state index contributed by atoms with van der Waals surface area (Å²) in [5.41, 5.74) is 4.08. The highest BCUT2D eigenvalue weighted by atomic mass is 35.5. The topological polar surface area (TPSA) is 38.0 Å². The van der Waals surface area contributed by atoms with Crippen molar-refractivity contribution in [3.8, 4) is 0 Å². The summed E-state index contributed by atoms with van der Waals surface area (Å²) < 4.78 is 0. The molecule has 0 heterocycles. The number of hydrazine groups is 1. The van der Waals surface area contributed by atoms with Crippen LogP contribution in [0.3, 0.4) is 0 Å². The fraction of sp³-hybridized carbons (Fsp3) is 0.625. The van der Waals surface area contributed by atoms with Crippen molar-refractivity contribution in [1.29, 1.82) is 0 Å². The number of unbranched alkanes of at least 4 members (excludes halogenated alkanes) is 6. The third kappa shape index (κ3) is 6.95. The maximum absolute atomic E-state index is 6.01. The maximum Gasteiger partial charge on any atom is 0.0460 e. The molecule has 1 aromatic rings. The van der Waals surface area contributed by atoms with Gasteiger partial charge in [0.05, 0.1) is 0 Å². The molecule has 0 amide bonds. The van der Waals surface area contributed by atoms with Crippen LogP contribution in [0, 0.1) is 0 Å². The number of benzene rings is 1. The average Bonchev–Trinajstić information content (AvgIpc) is 2.42. The molecular formula is C16H27ClN2. The summed E-state index contributed by atoms with van der Waals surface area (Å²) in [6, 6.07) is 8.17. The van der Waals surface area contributed by atoms with Gasteiger partial charge in [0.2, 0.25) is 0 Å². The molecule has 0 saturated heterocycles. The molecule has 19 heavy (non-hydrogen) atoms. The highest BCUT2D eigenvalue weighted by Gasteiger charge is 2.09. The lowest BCUT2D eigenvalue weighted by Gasteiger charge is -2.16. The SMILES string of the molecule is CCCCCCCCCC(NN)c1cccc(Cl)c1. The van der Waals surface area contributed by atoms with Crippen LogP contribution in [0.25, 0.3) is 0 Å². The van der Waals surface area contributed by atoms with E-state index in [1.54, 1.807) is 0 Å². The van der Waals surface area contributed by atoms with E-state index in [4.69, 9.17) is 17.4 Å². The van der Waals surface area contributed by atoms with Gasteiger partial charge in [-0.1, -0.05) is 75.6 Å². The van der Waals surface area contributed by atoms with Crippen LogP contribution < -0.4 is 11.3 Å². The zero-order chi connectivity index (χ0) is 13.9. The zero-order valence-corrected chi connectivity index (χ0v) is 12.8. The number of nitrogens with two attached hydrogens (primary N) is 1. The molecule has 3 N–H and O–H groups in total. The first kappa shape index (κ1) is 16.5. The molecule has 1 rings (SSSR count). The molecule has 0 radical (unpaired) electrons. The van der Waals surface area contributed by atoms with Gasteiger partial charge in [0.15, 0.2) is 0 Å². The normalized spacial score (nSPS) is 12.6. The van der Waals surface area contributed by atoms with Crippen LogP contribution >= 0.6 is 11.6 Å². The Hall–Kier alpha value is -0.570. The smallest absolute Gasteiger partial charge is 0.0460 e. The predicted octanol–water partition coefficient (Wildman–Crippen LogP) is 4.99. The first-order valence-corrected chi connectivity index (χ1v) is 7.87. The second kappa shape index (κ2) is 10.2. The minimum Gasteiger partial charge on any atom is -0.271 e. The van der Waals surface area contributed by atoms with Crippen molar-refractivity contribution in [2.24, 2.45) is 5.84 Å². The van der Waals surface area contributed by atoms with Gasteiger partial charge in [-0.05, 0) is 24.1 Å². The highest BCUT2D eigenvalue weighted by Crippen LogP contribution is 2.22. The second-order valence-corrected chi connectivity index (χ2v) is 5.62. The van der Waals surface area contributed by atoms with Crippen LogP contribution in [0.4, 0.5) is 0 Å². The Morgan fingerprint density at radius 1 is 1.11 bits per heavy atom. The Labute approximate surface area is 122 Å². The second-order valence-electron chi connectivity index (χ2n) is 5.18. The number of nitrogens with one attached hydrogen (secondary N) is 1. The first-order chi connectivity index (χ1) is 9.27. The fourth-order valence-corrected chi connectivity index (χ4v) is 2.57. The molecule has 0 aliphatic carbocycles. The Kier molecular flexibility index (Phi) is 8.89. The van der Waals surface area contributed by atoms with Crippen molar-refractivity contribution in [2.75, 3.05) is 0 Å². The lowest BCUT2D eigenvalue weighted by atomic mass is 10.00. The molecule has 0 aliphatic heterocycles. The molecule has 2 nitrogen and oxygen atoms in total. The van der Waals surface area contributed by atoms with Gasteiger partial charge in [0, 0.05) is 11.1 Å². The van der Waals surface area contributed by atoms with Gasteiger partial charge in [-0.2, -0.15) is 0 Å². The van der Waals surface area contributed by atoms with Crippen molar-refractivity contribution in [1.82, 2.24) is 5.43 Å². The Morgan fingerprint density at radius 3 is 2.42 bits per heavy atom. The van der Waals surface area contributed by atoms with Crippen LogP contribution in [0.5, 0.6) is 0 Å². The van der Waals surface area contributed by atoms with E-state index in [1.807, 2.05) is 18.2 Å². The fourth-order valence-electron chi connectivity index (χ4n) is 2.38. The van der Waals surface area contributed by atoms with Crippen LogP contribution in [0.1, 0.15) is 69.9 Å². The summed E-state index contributed by atoms with van der Waals surface area (Å²) in [7, 11) is 0. The molecule has 0 aromatic heterocycles. The largest absolute Gasteiger partial charge is 0.271 e. The third-order valence-electron chi connectivity index (χ3n) is 3.55.